The quantitative estimate of drug-likeness (QED) is 0.270. The minimum absolute atomic E-state index is 0.0670. The van der Waals surface area contributed by atoms with E-state index in [2.05, 4.69) is 6.07 Å². The molecule has 30 heavy (non-hydrogen) atoms. The topological polar surface area (TPSA) is 54.4 Å². The maximum Gasteiger partial charge on any atom is 0.295 e. The molecule has 0 aliphatic heterocycles. The molecular formula is C26H18O3S. The fourth-order valence-electron chi connectivity index (χ4n) is 4.06. The first-order valence-corrected chi connectivity index (χ1v) is 11.0. The number of hydrogen-bond acceptors (Lipinski definition) is 2. The Morgan fingerprint density at radius 1 is 0.567 bits per heavy atom. The molecule has 0 fully saturated rings. The summed E-state index contributed by atoms with van der Waals surface area (Å²) in [6.45, 7) is 0. The summed E-state index contributed by atoms with van der Waals surface area (Å²) in [6, 6.07) is 32.5. The zero-order valence-electron chi connectivity index (χ0n) is 16.0. The summed E-state index contributed by atoms with van der Waals surface area (Å²) in [6.07, 6.45) is 0. The third kappa shape index (κ3) is 3.16. The molecule has 0 saturated carbocycles. The average molecular weight is 410 g/mol. The molecule has 0 radical (unpaired) electrons. The highest BCUT2D eigenvalue weighted by atomic mass is 32.2. The Kier molecular flexibility index (Phi) is 4.39. The molecule has 5 aromatic carbocycles. The van der Waals surface area contributed by atoms with Crippen molar-refractivity contribution < 1.29 is 13.0 Å². The second kappa shape index (κ2) is 7.10. The zero-order valence-corrected chi connectivity index (χ0v) is 16.8. The fourth-order valence-corrected chi connectivity index (χ4v) is 5.00. The molecule has 3 nitrogen and oxygen atoms in total. The normalized spacial score (nSPS) is 11.8. The highest BCUT2D eigenvalue weighted by Crippen LogP contribution is 2.42. The summed E-state index contributed by atoms with van der Waals surface area (Å²) < 4.78 is 35.7. The number of rotatable bonds is 3. The second-order valence-corrected chi connectivity index (χ2v) is 8.61. The maximum absolute atomic E-state index is 12.7. The van der Waals surface area contributed by atoms with Crippen LogP contribution in [-0.4, -0.2) is 13.0 Å². The summed E-state index contributed by atoms with van der Waals surface area (Å²) >= 11 is 0. The van der Waals surface area contributed by atoms with E-state index in [-0.39, 0.29) is 4.90 Å². The predicted octanol–water partition coefficient (Wildman–Crippen LogP) is 6.57. The van der Waals surface area contributed by atoms with Gasteiger partial charge < -0.3 is 0 Å². The Bertz CT molecular complexity index is 1490. The van der Waals surface area contributed by atoms with Crippen LogP contribution in [0.3, 0.4) is 0 Å². The van der Waals surface area contributed by atoms with Crippen LogP contribution in [0.5, 0.6) is 0 Å². The summed E-state index contributed by atoms with van der Waals surface area (Å²) in [7, 11) is -4.51. The van der Waals surface area contributed by atoms with Gasteiger partial charge in [-0.15, -0.1) is 0 Å². The van der Waals surface area contributed by atoms with Gasteiger partial charge >= 0.3 is 0 Å². The van der Waals surface area contributed by atoms with Crippen molar-refractivity contribution in [2.75, 3.05) is 0 Å². The first kappa shape index (κ1) is 18.6. The van der Waals surface area contributed by atoms with E-state index in [0.29, 0.717) is 11.1 Å². The minimum atomic E-state index is -4.51. The van der Waals surface area contributed by atoms with Gasteiger partial charge in [-0.3, -0.25) is 4.55 Å². The van der Waals surface area contributed by atoms with Gasteiger partial charge in [0.15, 0.2) is 0 Å². The van der Waals surface area contributed by atoms with Crippen LogP contribution in [0.15, 0.2) is 108 Å². The lowest BCUT2D eigenvalue weighted by Crippen LogP contribution is -2.05. The highest BCUT2D eigenvalue weighted by Gasteiger charge is 2.25. The summed E-state index contributed by atoms with van der Waals surface area (Å²) in [5, 5.41) is 3.78. The molecule has 0 amide bonds. The van der Waals surface area contributed by atoms with Gasteiger partial charge in [-0.25, -0.2) is 0 Å². The van der Waals surface area contributed by atoms with Crippen molar-refractivity contribution in [3.8, 4) is 22.3 Å². The minimum Gasteiger partial charge on any atom is -0.282 e. The fraction of sp³-hybridized carbons (Fsp3) is 0. The molecule has 5 aromatic rings. The van der Waals surface area contributed by atoms with Crippen molar-refractivity contribution in [2.24, 2.45) is 0 Å². The largest absolute Gasteiger partial charge is 0.295 e. The number of benzene rings is 5. The smallest absolute Gasteiger partial charge is 0.282 e. The van der Waals surface area contributed by atoms with Gasteiger partial charge in [-0.2, -0.15) is 8.42 Å². The molecular weight excluding hydrogens is 392 g/mol. The Labute approximate surface area is 175 Å². The standard InChI is InChI=1S/C26H18O3S/c27-30(28,29)26-24(18-9-3-1-4-10-18)17-22-15-20-13-7-8-14-21(20)16-23(22)25(26)19-11-5-2-6-12-19/h1-17H,(H,27,28,29). The van der Waals surface area contributed by atoms with Crippen LogP contribution in [-0.2, 0) is 10.1 Å². The summed E-state index contributed by atoms with van der Waals surface area (Å²) in [5.74, 6) is 0. The van der Waals surface area contributed by atoms with Gasteiger partial charge in [0, 0.05) is 11.1 Å². The first-order chi connectivity index (χ1) is 14.5. The third-order valence-electron chi connectivity index (χ3n) is 5.36. The van der Waals surface area contributed by atoms with E-state index in [1.54, 1.807) is 0 Å². The van der Waals surface area contributed by atoms with E-state index in [0.717, 1.165) is 32.7 Å². The number of fused-ring (bicyclic) bond motifs is 2. The first-order valence-electron chi connectivity index (χ1n) is 9.60. The molecule has 0 aliphatic carbocycles. The molecule has 1 N–H and O–H groups in total. The Morgan fingerprint density at radius 3 is 1.70 bits per heavy atom. The highest BCUT2D eigenvalue weighted by molar-refractivity contribution is 7.86. The SMILES string of the molecule is O=S(=O)(O)c1c(-c2ccccc2)cc2cc3ccccc3cc2c1-c1ccccc1. The Morgan fingerprint density at radius 2 is 1.10 bits per heavy atom. The van der Waals surface area contributed by atoms with Crippen molar-refractivity contribution in [1.29, 1.82) is 0 Å². The van der Waals surface area contributed by atoms with Crippen LogP contribution < -0.4 is 0 Å². The molecule has 0 atom stereocenters. The third-order valence-corrected chi connectivity index (χ3v) is 6.30. The summed E-state index contributed by atoms with van der Waals surface area (Å²) in [4.78, 5) is -0.0670. The Balaban J connectivity index is 2.03. The lowest BCUT2D eigenvalue weighted by Gasteiger charge is -2.17. The molecule has 5 rings (SSSR count). The van der Waals surface area contributed by atoms with Gasteiger partial charge in [0.25, 0.3) is 10.1 Å². The van der Waals surface area contributed by atoms with Gasteiger partial charge in [0.1, 0.15) is 4.90 Å². The second-order valence-electron chi connectivity index (χ2n) is 7.26. The van der Waals surface area contributed by atoms with Crippen molar-refractivity contribution in [2.45, 2.75) is 4.90 Å². The molecule has 146 valence electrons. The van der Waals surface area contributed by atoms with Crippen LogP contribution in [0.1, 0.15) is 0 Å². The van der Waals surface area contributed by atoms with Crippen molar-refractivity contribution in [3.05, 3.63) is 103 Å². The van der Waals surface area contributed by atoms with Gasteiger partial charge in [-0.05, 0) is 50.9 Å². The lowest BCUT2D eigenvalue weighted by atomic mass is 9.91. The van der Waals surface area contributed by atoms with E-state index in [9.17, 15) is 13.0 Å². The molecule has 4 heteroatoms. The lowest BCUT2D eigenvalue weighted by molar-refractivity contribution is 0.484. The van der Waals surface area contributed by atoms with Crippen LogP contribution >= 0.6 is 0 Å². The van der Waals surface area contributed by atoms with Crippen molar-refractivity contribution in [1.82, 2.24) is 0 Å². The molecule has 0 saturated heterocycles. The molecule has 0 bridgehead atoms. The summed E-state index contributed by atoms with van der Waals surface area (Å²) in [5.41, 5.74) is 2.47. The van der Waals surface area contributed by atoms with Gasteiger partial charge in [0.05, 0.1) is 0 Å². The molecule has 0 aliphatic rings. The van der Waals surface area contributed by atoms with Crippen molar-refractivity contribution in [3.63, 3.8) is 0 Å². The van der Waals surface area contributed by atoms with Crippen LogP contribution in [0, 0.1) is 0 Å². The van der Waals surface area contributed by atoms with E-state index in [1.807, 2.05) is 97.1 Å². The molecule has 0 unspecified atom stereocenters. The molecule has 0 spiro atoms. The van der Waals surface area contributed by atoms with Crippen molar-refractivity contribution >= 4 is 31.7 Å². The van der Waals surface area contributed by atoms with E-state index in [1.165, 1.54) is 0 Å². The zero-order chi connectivity index (χ0) is 20.7. The van der Waals surface area contributed by atoms with Gasteiger partial charge in [0.2, 0.25) is 0 Å². The monoisotopic (exact) mass is 410 g/mol. The predicted molar refractivity (Wildman–Crippen MR) is 122 cm³/mol. The average Bonchev–Trinajstić information content (AvgIpc) is 2.77. The van der Waals surface area contributed by atoms with Crippen LogP contribution in [0.2, 0.25) is 0 Å². The van der Waals surface area contributed by atoms with Crippen LogP contribution in [0.25, 0.3) is 43.8 Å². The van der Waals surface area contributed by atoms with E-state index < -0.39 is 10.1 Å². The Hall–Kier alpha value is -3.47. The molecule has 0 aromatic heterocycles. The number of hydrogen-bond donors (Lipinski definition) is 1. The van der Waals surface area contributed by atoms with E-state index in [4.69, 9.17) is 0 Å². The molecule has 0 heterocycles. The van der Waals surface area contributed by atoms with E-state index >= 15 is 0 Å². The van der Waals surface area contributed by atoms with Crippen LogP contribution in [0.4, 0.5) is 0 Å². The maximum atomic E-state index is 12.7. The van der Waals surface area contributed by atoms with Gasteiger partial charge in [-0.1, -0.05) is 84.9 Å².